The molecule has 0 heteroatoms. The van der Waals surface area contributed by atoms with E-state index in [9.17, 15) is 0 Å². The fourth-order valence-electron chi connectivity index (χ4n) is 21.0. The van der Waals surface area contributed by atoms with Gasteiger partial charge in [0.25, 0.3) is 0 Å². The fraction of sp³-hybridized carbons (Fsp3) is 0.234. The zero-order chi connectivity index (χ0) is 99.4. The fourth-order valence-corrected chi connectivity index (χ4v) is 21.0. The monoisotopic (exact) mass is 1830 g/mol. The van der Waals surface area contributed by atoms with Crippen LogP contribution < -0.4 is 0 Å². The number of hydrogen-bond acceptors (Lipinski definition) is 0. The van der Waals surface area contributed by atoms with Crippen LogP contribution in [-0.4, -0.2) is 0 Å². The van der Waals surface area contributed by atoms with E-state index < -0.39 is 5.41 Å². The molecule has 18 aromatic carbocycles. The summed E-state index contributed by atoms with van der Waals surface area (Å²) in [6, 6.07) is 158. The van der Waals surface area contributed by atoms with Gasteiger partial charge in [-0.05, 0) is 392 Å². The number of rotatable bonds is 16. The second-order valence-corrected chi connectivity index (χ2v) is 48.4. The second-order valence-electron chi connectivity index (χ2n) is 48.4. The lowest BCUT2D eigenvalue weighted by Crippen LogP contribution is -2.29. The molecular weight excluding hydrogens is 1690 g/mol. The van der Waals surface area contributed by atoms with Crippen LogP contribution >= 0.6 is 0 Å². The Morgan fingerprint density at radius 3 is 0.518 bits per heavy atom. The Balaban J connectivity index is 0.986. The van der Waals surface area contributed by atoms with Crippen LogP contribution in [0.25, 0.3) is 167 Å². The molecule has 1 aliphatic rings. The standard InChI is InChI=1S/C141H138/c1-133(2,3)118-56-40-92(41-57-118)102-73-103(93-42-58-119(59-43-93)134(4,5)6)78-110(77-102)114-85-115(111-79-104(94-44-60-120(61-45-94)135(7,8)9)74-105(80-111)95-46-62-121(63-47-95)136(10,11)12)88-126(87-114)141(130-38-29-28-36-129(130)132-128(37-31-39-131(132)141)101-35-30-34-100(72-101)91-32-26-25-27-33-91)127-89-116(112-81-106(96-48-64-122(65-49-96)137(13,14)15)75-107(82-112)97-50-66-123(67-51-97)138(16,17)18)86-117(90-127)113-83-108(98-52-68-124(69-53-98)139(19,20)21)76-109(84-113)99-54-70-125(71-55-99)140(22,23)24/h25-90H,1-24H3. The van der Waals surface area contributed by atoms with E-state index in [2.05, 4.69) is 567 Å². The summed E-state index contributed by atoms with van der Waals surface area (Å²) < 4.78 is 0. The van der Waals surface area contributed by atoms with Gasteiger partial charge in [0.05, 0.1) is 5.41 Å². The van der Waals surface area contributed by atoms with Crippen molar-refractivity contribution in [3.05, 3.63) is 467 Å². The van der Waals surface area contributed by atoms with E-state index in [4.69, 9.17) is 0 Å². The lowest BCUT2D eigenvalue weighted by Gasteiger charge is -2.36. The molecule has 0 amide bonds. The van der Waals surface area contributed by atoms with Gasteiger partial charge in [-0.15, -0.1) is 0 Å². The predicted molar refractivity (Wildman–Crippen MR) is 609 cm³/mol. The third kappa shape index (κ3) is 19.8. The van der Waals surface area contributed by atoms with E-state index in [-0.39, 0.29) is 43.3 Å². The van der Waals surface area contributed by atoms with E-state index in [0.29, 0.717) is 0 Å². The molecule has 0 heterocycles. The lowest BCUT2D eigenvalue weighted by molar-refractivity contribution is 0.590. The number of benzene rings is 18. The number of fused-ring (bicyclic) bond motifs is 3. The second kappa shape index (κ2) is 36.6. The highest BCUT2D eigenvalue weighted by Gasteiger charge is 2.48. The third-order valence-corrected chi connectivity index (χ3v) is 29.8. The smallest absolute Gasteiger partial charge is 0.0622 e. The van der Waals surface area contributed by atoms with Crippen molar-refractivity contribution in [2.75, 3.05) is 0 Å². The van der Waals surface area contributed by atoms with Gasteiger partial charge in [0.1, 0.15) is 0 Å². The van der Waals surface area contributed by atoms with Gasteiger partial charge in [-0.2, -0.15) is 0 Å². The van der Waals surface area contributed by atoms with Crippen LogP contribution in [0.3, 0.4) is 0 Å². The molecule has 0 aromatic heterocycles. The van der Waals surface area contributed by atoms with Crippen LogP contribution in [0, 0.1) is 0 Å². The lowest BCUT2D eigenvalue weighted by atomic mass is 9.66. The molecule has 0 N–H and O–H groups in total. The molecule has 0 atom stereocenters. The van der Waals surface area contributed by atoms with Crippen LogP contribution in [0.5, 0.6) is 0 Å². The topological polar surface area (TPSA) is 0 Å². The first-order valence-corrected chi connectivity index (χ1v) is 51.0. The van der Waals surface area contributed by atoms with Gasteiger partial charge < -0.3 is 0 Å². The summed E-state index contributed by atoms with van der Waals surface area (Å²) in [4.78, 5) is 0. The summed E-state index contributed by atoms with van der Waals surface area (Å²) in [5.74, 6) is 0. The minimum absolute atomic E-state index is 0.0452. The van der Waals surface area contributed by atoms with Gasteiger partial charge in [0.15, 0.2) is 0 Å². The van der Waals surface area contributed by atoms with Gasteiger partial charge in [-0.25, -0.2) is 0 Å². The Morgan fingerprint density at radius 2 is 0.284 bits per heavy atom. The summed E-state index contributed by atoms with van der Waals surface area (Å²) in [7, 11) is 0. The molecule has 0 spiro atoms. The Morgan fingerprint density at radius 1 is 0.121 bits per heavy atom. The third-order valence-electron chi connectivity index (χ3n) is 29.8. The Labute approximate surface area is 842 Å². The average molecular weight is 1830 g/mol. The Hall–Kier alpha value is -14.0. The van der Waals surface area contributed by atoms with E-state index in [0.717, 1.165) is 150 Å². The van der Waals surface area contributed by atoms with E-state index in [1.54, 1.807) is 0 Å². The van der Waals surface area contributed by atoms with Gasteiger partial charge >= 0.3 is 0 Å². The molecule has 0 bridgehead atoms. The molecule has 19 rings (SSSR count). The molecule has 0 nitrogen and oxygen atoms in total. The highest BCUT2D eigenvalue weighted by atomic mass is 14.5. The first-order valence-electron chi connectivity index (χ1n) is 51.0. The maximum Gasteiger partial charge on any atom is 0.0714 e. The van der Waals surface area contributed by atoms with Crippen molar-refractivity contribution in [2.45, 2.75) is 215 Å². The van der Waals surface area contributed by atoms with Crippen LogP contribution in [0.15, 0.2) is 400 Å². The molecule has 18 aromatic rings. The molecule has 0 unspecified atom stereocenters. The molecule has 702 valence electrons. The van der Waals surface area contributed by atoms with Gasteiger partial charge in [-0.1, -0.05) is 451 Å². The molecule has 141 heavy (non-hydrogen) atoms. The first kappa shape index (κ1) is 95.9. The zero-order valence-corrected chi connectivity index (χ0v) is 87.6. The van der Waals surface area contributed by atoms with Crippen molar-refractivity contribution in [3.8, 4) is 167 Å². The van der Waals surface area contributed by atoms with Crippen molar-refractivity contribution < 1.29 is 0 Å². The molecule has 1 aliphatic carbocycles. The van der Waals surface area contributed by atoms with E-state index >= 15 is 0 Å². The summed E-state index contributed by atoms with van der Waals surface area (Å²) in [5.41, 5.74) is 48.1. The molecular formula is C141H138. The number of hydrogen-bond donors (Lipinski definition) is 0. The maximum absolute atomic E-state index is 2.63. The maximum atomic E-state index is 2.63. The summed E-state index contributed by atoms with van der Waals surface area (Å²) in [6.45, 7) is 55.6. The van der Waals surface area contributed by atoms with Crippen molar-refractivity contribution in [2.24, 2.45) is 0 Å². The normalized spacial score (nSPS) is 13.0. The molecule has 0 fully saturated rings. The van der Waals surface area contributed by atoms with Gasteiger partial charge in [0, 0.05) is 0 Å². The SMILES string of the molecule is CC(C)(C)c1ccc(-c2cc(-c3ccc(C(C)(C)C)cc3)cc(-c3cc(-c4cc(-c5ccc(C(C)(C)C)cc5)cc(-c5ccc(C(C)(C)C)cc5)c4)cc(C4(c5cc(-c6cc(-c7ccc(C(C)(C)C)cc7)cc(-c7ccc(C(C)(C)C)cc7)c6)cc(-c6cc(-c7ccc(C(C)(C)C)cc7)cc(-c7ccc(C(C)(C)C)cc7)c6)c5)c5ccccc5-c5c(-c6cccc(-c7ccccc7)c6)cccc54)c3)c2)cc1. The van der Waals surface area contributed by atoms with Crippen molar-refractivity contribution >= 4 is 0 Å². The minimum atomic E-state index is -1.09. The molecule has 0 aliphatic heterocycles. The highest BCUT2D eigenvalue weighted by molar-refractivity contribution is 5.99. The van der Waals surface area contributed by atoms with Crippen LogP contribution in [0.2, 0.25) is 0 Å². The van der Waals surface area contributed by atoms with Gasteiger partial charge in [-0.3, -0.25) is 0 Å². The van der Waals surface area contributed by atoms with Crippen molar-refractivity contribution in [3.63, 3.8) is 0 Å². The molecule has 0 saturated carbocycles. The quantitative estimate of drug-likeness (QED) is 0.0904. The zero-order valence-electron chi connectivity index (χ0n) is 87.6. The van der Waals surface area contributed by atoms with Gasteiger partial charge in [0.2, 0.25) is 0 Å². The summed E-state index contributed by atoms with van der Waals surface area (Å²) >= 11 is 0. The first-order chi connectivity index (χ1) is 66.8. The Bertz CT molecular complexity index is 6640. The van der Waals surface area contributed by atoms with E-state index in [1.807, 2.05) is 0 Å². The predicted octanol–water partition coefficient (Wildman–Crippen LogP) is 39.8. The molecule has 0 saturated heterocycles. The Kier molecular flexibility index (Phi) is 24.9. The summed E-state index contributed by atoms with van der Waals surface area (Å²) in [6.07, 6.45) is 0. The highest BCUT2D eigenvalue weighted by Crippen LogP contribution is 2.61. The van der Waals surface area contributed by atoms with Crippen LogP contribution in [-0.2, 0) is 48.7 Å². The van der Waals surface area contributed by atoms with Crippen LogP contribution in [0.4, 0.5) is 0 Å². The largest absolute Gasteiger partial charge is 0.0714 e. The minimum Gasteiger partial charge on any atom is -0.0622 e. The summed E-state index contributed by atoms with van der Waals surface area (Å²) in [5, 5.41) is 0. The van der Waals surface area contributed by atoms with Crippen molar-refractivity contribution in [1.29, 1.82) is 0 Å². The average Bonchev–Trinajstić information content (AvgIpc) is 1.53. The van der Waals surface area contributed by atoms with Crippen LogP contribution in [0.1, 0.15) is 233 Å². The van der Waals surface area contributed by atoms with Crippen molar-refractivity contribution in [1.82, 2.24) is 0 Å². The molecule has 0 radical (unpaired) electrons. The van der Waals surface area contributed by atoms with E-state index in [1.165, 1.54) is 83.5 Å².